The molecule has 0 saturated heterocycles. The number of carbonyl (C=O) groups excluding carboxylic acids is 2. The van der Waals surface area contributed by atoms with Gasteiger partial charge in [0.1, 0.15) is 5.75 Å². The van der Waals surface area contributed by atoms with Crippen LogP contribution in [0.25, 0.3) is 0 Å². The molecule has 0 aliphatic rings. The Morgan fingerprint density at radius 1 is 1.10 bits per heavy atom. The van der Waals surface area contributed by atoms with Crippen molar-refractivity contribution in [1.29, 1.82) is 0 Å². The van der Waals surface area contributed by atoms with E-state index in [-0.39, 0.29) is 37.5 Å². The minimum absolute atomic E-state index is 0.0315. The summed E-state index contributed by atoms with van der Waals surface area (Å²) in [5.74, 6) is -0.538. The van der Waals surface area contributed by atoms with Crippen LogP contribution in [0.1, 0.15) is 36.0 Å². The minimum Gasteiger partial charge on any atom is -0.497 e. The van der Waals surface area contributed by atoms with Gasteiger partial charge in [0, 0.05) is 24.9 Å². The smallest absolute Gasteiger partial charge is 0.305 e. The van der Waals surface area contributed by atoms with E-state index in [4.69, 9.17) is 9.84 Å². The van der Waals surface area contributed by atoms with Crippen molar-refractivity contribution in [3.8, 4) is 5.75 Å². The summed E-state index contributed by atoms with van der Waals surface area (Å²) < 4.78 is 5.01. The van der Waals surface area contributed by atoms with Gasteiger partial charge in [0.25, 0.3) is 0 Å². The predicted molar refractivity (Wildman–Crippen MR) is 76.4 cm³/mol. The zero-order chi connectivity index (χ0) is 15.7. The number of methoxy groups -OCH3 is 1. The lowest BCUT2D eigenvalue weighted by Gasteiger charge is -2.04. The molecule has 0 spiro atoms. The Morgan fingerprint density at radius 3 is 2.33 bits per heavy atom. The van der Waals surface area contributed by atoms with Gasteiger partial charge < -0.3 is 15.2 Å². The summed E-state index contributed by atoms with van der Waals surface area (Å²) in [5, 5.41) is 10.9. The van der Waals surface area contributed by atoms with Crippen LogP contribution in [0.3, 0.4) is 0 Å². The van der Waals surface area contributed by atoms with Gasteiger partial charge in [-0.25, -0.2) is 0 Å². The molecule has 2 N–H and O–H groups in total. The van der Waals surface area contributed by atoms with Crippen molar-refractivity contribution in [2.75, 3.05) is 13.7 Å². The summed E-state index contributed by atoms with van der Waals surface area (Å²) in [5.41, 5.74) is 0.585. The summed E-state index contributed by atoms with van der Waals surface area (Å²) in [4.78, 5) is 33.6. The van der Waals surface area contributed by atoms with Crippen LogP contribution in [0, 0.1) is 0 Å². The lowest BCUT2D eigenvalue weighted by atomic mass is 10.1. The van der Waals surface area contributed by atoms with Crippen LogP contribution in [0.4, 0.5) is 0 Å². The number of nitrogens with one attached hydrogen (secondary N) is 1. The van der Waals surface area contributed by atoms with Crippen molar-refractivity contribution in [3.05, 3.63) is 29.8 Å². The van der Waals surface area contributed by atoms with Crippen molar-refractivity contribution in [1.82, 2.24) is 5.32 Å². The molecular formula is C15H19NO5. The molecule has 0 aliphatic carbocycles. The number of carboxylic acids is 1. The van der Waals surface area contributed by atoms with E-state index >= 15 is 0 Å². The van der Waals surface area contributed by atoms with E-state index in [1.54, 1.807) is 31.4 Å². The van der Waals surface area contributed by atoms with E-state index in [1.807, 2.05) is 0 Å². The summed E-state index contributed by atoms with van der Waals surface area (Å²) >= 11 is 0. The van der Waals surface area contributed by atoms with Gasteiger partial charge in [0.15, 0.2) is 5.78 Å². The molecule has 1 aromatic carbocycles. The van der Waals surface area contributed by atoms with Crippen molar-refractivity contribution in [2.45, 2.75) is 25.7 Å². The number of Topliss-reactive ketones (excluding diaryl/α,β-unsaturated/α-hetero) is 1. The van der Waals surface area contributed by atoms with Gasteiger partial charge >= 0.3 is 5.97 Å². The van der Waals surface area contributed by atoms with E-state index in [0.717, 1.165) is 0 Å². The Labute approximate surface area is 123 Å². The normalized spacial score (nSPS) is 9.95. The molecule has 0 aliphatic heterocycles. The second-order valence-electron chi connectivity index (χ2n) is 4.50. The molecule has 0 fully saturated rings. The number of hydrogen-bond donors (Lipinski definition) is 2. The third-order valence-electron chi connectivity index (χ3n) is 2.88. The summed E-state index contributed by atoms with van der Waals surface area (Å²) in [7, 11) is 1.56. The Morgan fingerprint density at radius 2 is 1.76 bits per heavy atom. The quantitative estimate of drug-likeness (QED) is 0.675. The number of rotatable bonds is 9. The van der Waals surface area contributed by atoms with Gasteiger partial charge in [-0.2, -0.15) is 0 Å². The Hall–Kier alpha value is -2.37. The van der Waals surface area contributed by atoms with Crippen LogP contribution in [-0.2, 0) is 9.59 Å². The van der Waals surface area contributed by atoms with E-state index in [2.05, 4.69) is 5.32 Å². The van der Waals surface area contributed by atoms with Crippen LogP contribution < -0.4 is 10.1 Å². The molecule has 21 heavy (non-hydrogen) atoms. The number of ether oxygens (including phenoxy) is 1. The van der Waals surface area contributed by atoms with Crippen LogP contribution in [0.2, 0.25) is 0 Å². The Balaban J connectivity index is 2.26. The second kappa shape index (κ2) is 8.73. The second-order valence-corrected chi connectivity index (χ2v) is 4.50. The summed E-state index contributed by atoms with van der Waals surface area (Å²) in [6.07, 6.45) is 0.820. The number of carboxylic acid groups (broad SMARTS) is 1. The standard InChI is InChI=1S/C15H19NO5/c1-21-12-7-5-11(6-8-12)13(17)3-2-4-14(18)16-10-9-15(19)20/h5-8H,2-4,9-10H2,1H3,(H,16,18)(H,19,20). The number of benzene rings is 1. The highest BCUT2D eigenvalue weighted by atomic mass is 16.5. The fraction of sp³-hybridized carbons (Fsp3) is 0.400. The third-order valence-corrected chi connectivity index (χ3v) is 2.88. The van der Waals surface area contributed by atoms with Gasteiger partial charge in [-0.05, 0) is 30.7 Å². The maximum atomic E-state index is 11.9. The molecule has 114 valence electrons. The van der Waals surface area contributed by atoms with Crippen molar-refractivity contribution in [3.63, 3.8) is 0 Å². The van der Waals surface area contributed by atoms with E-state index in [9.17, 15) is 14.4 Å². The third kappa shape index (κ3) is 6.56. The maximum Gasteiger partial charge on any atom is 0.305 e. The number of amides is 1. The van der Waals surface area contributed by atoms with Crippen LogP contribution in [0.5, 0.6) is 5.75 Å². The Kier molecular flexibility index (Phi) is 6.94. The monoisotopic (exact) mass is 293 g/mol. The molecule has 1 amide bonds. The van der Waals surface area contributed by atoms with E-state index in [1.165, 1.54) is 0 Å². The molecule has 0 unspecified atom stereocenters. The molecule has 6 heteroatoms. The summed E-state index contributed by atoms with van der Waals surface area (Å²) in [6, 6.07) is 6.81. The molecule has 6 nitrogen and oxygen atoms in total. The molecule has 0 saturated carbocycles. The topological polar surface area (TPSA) is 92.7 Å². The SMILES string of the molecule is COc1ccc(C(=O)CCCC(=O)NCCC(=O)O)cc1. The number of aliphatic carboxylic acids is 1. The van der Waals surface area contributed by atoms with E-state index in [0.29, 0.717) is 17.7 Å². The van der Waals surface area contributed by atoms with Gasteiger partial charge in [-0.15, -0.1) is 0 Å². The van der Waals surface area contributed by atoms with Gasteiger partial charge in [0.2, 0.25) is 5.91 Å². The molecule has 0 atom stereocenters. The molecule has 0 bridgehead atoms. The molecule has 1 aromatic rings. The zero-order valence-corrected chi connectivity index (χ0v) is 11.9. The first-order valence-corrected chi connectivity index (χ1v) is 6.68. The van der Waals surface area contributed by atoms with Gasteiger partial charge in [-0.3, -0.25) is 14.4 Å². The molecule has 1 rings (SSSR count). The highest BCUT2D eigenvalue weighted by Crippen LogP contribution is 2.13. The number of hydrogen-bond acceptors (Lipinski definition) is 4. The van der Waals surface area contributed by atoms with Gasteiger partial charge in [-0.1, -0.05) is 0 Å². The summed E-state index contributed by atoms with van der Waals surface area (Å²) in [6.45, 7) is 0.112. The van der Waals surface area contributed by atoms with E-state index < -0.39 is 5.97 Å². The fourth-order valence-corrected chi connectivity index (χ4v) is 1.73. The Bertz CT molecular complexity index is 495. The van der Waals surface area contributed by atoms with Crippen LogP contribution in [0.15, 0.2) is 24.3 Å². The zero-order valence-electron chi connectivity index (χ0n) is 11.9. The predicted octanol–water partition coefficient (Wildman–Crippen LogP) is 1.64. The number of carbonyl (C=O) groups is 3. The largest absolute Gasteiger partial charge is 0.497 e. The minimum atomic E-state index is -0.954. The van der Waals surface area contributed by atoms with Gasteiger partial charge in [0.05, 0.1) is 13.5 Å². The fourth-order valence-electron chi connectivity index (χ4n) is 1.73. The van der Waals surface area contributed by atoms with Crippen molar-refractivity contribution < 1.29 is 24.2 Å². The van der Waals surface area contributed by atoms with Crippen LogP contribution >= 0.6 is 0 Å². The van der Waals surface area contributed by atoms with Crippen molar-refractivity contribution >= 4 is 17.7 Å². The average molecular weight is 293 g/mol. The highest BCUT2D eigenvalue weighted by molar-refractivity contribution is 5.96. The first kappa shape index (κ1) is 16.7. The lowest BCUT2D eigenvalue weighted by Crippen LogP contribution is -2.25. The van der Waals surface area contributed by atoms with Crippen molar-refractivity contribution in [2.24, 2.45) is 0 Å². The highest BCUT2D eigenvalue weighted by Gasteiger charge is 2.08. The lowest BCUT2D eigenvalue weighted by molar-refractivity contribution is -0.136. The number of ketones is 1. The molecular weight excluding hydrogens is 274 g/mol. The average Bonchev–Trinajstić information content (AvgIpc) is 2.46. The van der Waals surface area contributed by atoms with Crippen LogP contribution in [-0.4, -0.2) is 36.4 Å². The molecule has 0 aromatic heterocycles. The molecule has 0 heterocycles. The first-order valence-electron chi connectivity index (χ1n) is 6.68. The first-order chi connectivity index (χ1) is 10.0. The molecule has 0 radical (unpaired) electrons. The maximum absolute atomic E-state index is 11.9.